The minimum atomic E-state index is -0.986. The Hall–Kier alpha value is -2.06. The van der Waals surface area contributed by atoms with Gasteiger partial charge in [0.1, 0.15) is 5.92 Å². The molecular formula is C17H19ClF2N4O2. The zero-order chi connectivity index (χ0) is 17.6. The second-order valence-corrected chi connectivity index (χ2v) is 6.75. The normalized spacial score (nSPS) is 21.9. The van der Waals surface area contributed by atoms with Gasteiger partial charge in [0.05, 0.1) is 5.54 Å². The number of nitrogens with zero attached hydrogens (tertiary/aromatic N) is 3. The molecule has 26 heavy (non-hydrogen) atoms. The number of rotatable bonds is 3. The van der Waals surface area contributed by atoms with E-state index < -0.39 is 23.1 Å². The van der Waals surface area contributed by atoms with Crippen molar-refractivity contribution in [1.29, 1.82) is 0 Å². The summed E-state index contributed by atoms with van der Waals surface area (Å²) >= 11 is 0. The van der Waals surface area contributed by atoms with Crippen LogP contribution in [0.4, 0.5) is 14.5 Å². The molecule has 1 unspecified atom stereocenters. The second kappa shape index (κ2) is 6.92. The average molecular weight is 385 g/mol. The maximum atomic E-state index is 13.4. The van der Waals surface area contributed by atoms with Gasteiger partial charge in [-0.05, 0) is 31.4 Å². The van der Waals surface area contributed by atoms with E-state index in [9.17, 15) is 13.6 Å². The van der Waals surface area contributed by atoms with Gasteiger partial charge in [-0.2, -0.15) is 4.98 Å². The van der Waals surface area contributed by atoms with E-state index in [2.05, 4.69) is 10.1 Å². The highest BCUT2D eigenvalue weighted by Gasteiger charge is 2.41. The molecular weight excluding hydrogens is 366 g/mol. The van der Waals surface area contributed by atoms with Crippen molar-refractivity contribution in [2.24, 2.45) is 5.73 Å². The number of hydrogen-bond donors (Lipinski definition) is 1. The standard InChI is InChI=1S/C17H18F2N4O2.ClH/c18-12-4-3-10(9-13(12)19)23-8-5-11(15(23)24)14-21-16(22-25-14)17(20)6-1-2-7-17;/h3-4,9,11H,1-2,5-8,20H2;1H. The van der Waals surface area contributed by atoms with Crippen LogP contribution in [-0.2, 0) is 10.3 Å². The molecule has 9 heteroatoms. The second-order valence-electron chi connectivity index (χ2n) is 6.75. The minimum Gasteiger partial charge on any atom is -0.338 e. The minimum absolute atomic E-state index is 0. The lowest BCUT2D eigenvalue weighted by Gasteiger charge is -2.18. The maximum absolute atomic E-state index is 13.4. The molecule has 4 rings (SSSR count). The van der Waals surface area contributed by atoms with Gasteiger partial charge in [0.2, 0.25) is 11.8 Å². The van der Waals surface area contributed by atoms with Gasteiger partial charge in [-0.1, -0.05) is 18.0 Å². The number of benzene rings is 1. The summed E-state index contributed by atoms with van der Waals surface area (Å²) < 4.78 is 31.8. The molecule has 1 aromatic carbocycles. The number of amides is 1. The first kappa shape index (κ1) is 18.7. The largest absolute Gasteiger partial charge is 0.338 e. The fourth-order valence-electron chi connectivity index (χ4n) is 3.63. The van der Waals surface area contributed by atoms with Crippen molar-refractivity contribution in [3.05, 3.63) is 41.5 Å². The van der Waals surface area contributed by atoms with E-state index in [1.54, 1.807) is 0 Å². The summed E-state index contributed by atoms with van der Waals surface area (Å²) in [4.78, 5) is 18.4. The van der Waals surface area contributed by atoms with Crippen molar-refractivity contribution >= 4 is 24.0 Å². The van der Waals surface area contributed by atoms with E-state index in [0.29, 0.717) is 24.5 Å². The number of aromatic nitrogens is 2. The monoisotopic (exact) mass is 384 g/mol. The highest BCUT2D eigenvalue weighted by atomic mass is 35.5. The predicted molar refractivity (Wildman–Crippen MR) is 91.9 cm³/mol. The molecule has 0 spiro atoms. The van der Waals surface area contributed by atoms with Crippen molar-refractivity contribution in [3.63, 3.8) is 0 Å². The third kappa shape index (κ3) is 3.07. The van der Waals surface area contributed by atoms with Crippen LogP contribution in [0.3, 0.4) is 0 Å². The Bertz CT molecular complexity index is 823. The highest BCUT2D eigenvalue weighted by molar-refractivity contribution is 5.99. The third-order valence-corrected chi connectivity index (χ3v) is 5.10. The van der Waals surface area contributed by atoms with E-state index in [1.165, 1.54) is 11.0 Å². The van der Waals surface area contributed by atoms with Crippen LogP contribution in [0.25, 0.3) is 0 Å². The first-order valence-corrected chi connectivity index (χ1v) is 8.37. The summed E-state index contributed by atoms with van der Waals surface area (Å²) in [6.45, 7) is 0.375. The van der Waals surface area contributed by atoms with E-state index in [0.717, 1.165) is 37.8 Å². The van der Waals surface area contributed by atoms with Crippen LogP contribution in [0, 0.1) is 11.6 Å². The topological polar surface area (TPSA) is 85.2 Å². The van der Waals surface area contributed by atoms with Gasteiger partial charge in [0.25, 0.3) is 0 Å². The number of anilines is 1. The molecule has 2 fully saturated rings. The number of nitrogens with two attached hydrogens (primary N) is 1. The molecule has 1 saturated carbocycles. The molecule has 0 bridgehead atoms. The molecule has 1 amide bonds. The molecule has 1 saturated heterocycles. The van der Waals surface area contributed by atoms with Crippen LogP contribution >= 0.6 is 12.4 Å². The highest BCUT2D eigenvalue weighted by Crippen LogP contribution is 2.37. The summed E-state index contributed by atoms with van der Waals surface area (Å²) in [5.74, 6) is -2.10. The van der Waals surface area contributed by atoms with Gasteiger partial charge in [0, 0.05) is 18.3 Å². The van der Waals surface area contributed by atoms with Gasteiger partial charge >= 0.3 is 0 Å². The van der Waals surface area contributed by atoms with Crippen LogP contribution in [0.1, 0.15) is 49.7 Å². The Morgan fingerprint density at radius 1 is 1.23 bits per heavy atom. The number of carbonyl (C=O) groups is 1. The van der Waals surface area contributed by atoms with Crippen LogP contribution in [-0.4, -0.2) is 22.6 Å². The van der Waals surface area contributed by atoms with Gasteiger partial charge < -0.3 is 15.2 Å². The fraction of sp³-hybridized carbons (Fsp3) is 0.471. The fourth-order valence-corrected chi connectivity index (χ4v) is 3.63. The van der Waals surface area contributed by atoms with Gasteiger partial charge in [-0.3, -0.25) is 4.79 Å². The summed E-state index contributed by atoms with van der Waals surface area (Å²) in [6, 6.07) is 3.40. The van der Waals surface area contributed by atoms with Gasteiger partial charge in [-0.25, -0.2) is 8.78 Å². The van der Waals surface area contributed by atoms with E-state index in [4.69, 9.17) is 10.3 Å². The average Bonchev–Trinajstić information content (AvgIpc) is 3.30. The smallest absolute Gasteiger partial charge is 0.239 e. The van der Waals surface area contributed by atoms with Crippen molar-refractivity contribution in [2.45, 2.75) is 43.6 Å². The van der Waals surface area contributed by atoms with Crippen molar-refractivity contribution < 1.29 is 18.1 Å². The van der Waals surface area contributed by atoms with Crippen molar-refractivity contribution in [3.8, 4) is 0 Å². The molecule has 6 nitrogen and oxygen atoms in total. The Morgan fingerprint density at radius 2 is 1.96 bits per heavy atom. The molecule has 2 heterocycles. The molecule has 140 valence electrons. The molecule has 1 aliphatic heterocycles. The summed E-state index contributed by atoms with van der Waals surface area (Å²) in [5.41, 5.74) is 6.06. The number of hydrogen-bond acceptors (Lipinski definition) is 5. The van der Waals surface area contributed by atoms with E-state index in [-0.39, 0.29) is 24.2 Å². The summed E-state index contributed by atoms with van der Waals surface area (Å²) in [7, 11) is 0. The summed E-state index contributed by atoms with van der Waals surface area (Å²) in [6.07, 6.45) is 4.10. The molecule has 2 aliphatic rings. The lowest BCUT2D eigenvalue weighted by molar-refractivity contribution is -0.118. The first-order valence-electron chi connectivity index (χ1n) is 8.37. The SMILES string of the molecule is Cl.NC1(c2noc(C3CCN(c4ccc(F)c(F)c4)C3=O)n2)CCCC1. The van der Waals surface area contributed by atoms with Gasteiger partial charge in [0.15, 0.2) is 17.5 Å². The molecule has 1 aromatic heterocycles. The Morgan fingerprint density at radius 3 is 2.65 bits per heavy atom. The first-order chi connectivity index (χ1) is 12.0. The molecule has 2 aromatic rings. The zero-order valence-corrected chi connectivity index (χ0v) is 14.8. The molecule has 1 atom stereocenters. The summed E-state index contributed by atoms with van der Waals surface area (Å²) in [5, 5.41) is 3.98. The molecule has 0 radical (unpaired) electrons. The Kier molecular flexibility index (Phi) is 4.98. The lowest BCUT2D eigenvalue weighted by atomic mass is 9.98. The molecule has 2 N–H and O–H groups in total. The lowest BCUT2D eigenvalue weighted by Crippen LogP contribution is -2.34. The predicted octanol–water partition coefficient (Wildman–Crippen LogP) is 3.02. The van der Waals surface area contributed by atoms with E-state index in [1.807, 2.05) is 0 Å². The van der Waals surface area contributed by atoms with E-state index >= 15 is 0 Å². The van der Waals surface area contributed by atoms with Crippen LogP contribution < -0.4 is 10.6 Å². The van der Waals surface area contributed by atoms with Crippen molar-refractivity contribution in [2.75, 3.05) is 11.4 Å². The number of carbonyl (C=O) groups excluding carboxylic acids is 1. The Balaban J connectivity index is 0.00000196. The van der Waals surface area contributed by atoms with Crippen molar-refractivity contribution in [1.82, 2.24) is 10.1 Å². The van der Waals surface area contributed by atoms with Crippen LogP contribution in [0.15, 0.2) is 22.7 Å². The van der Waals surface area contributed by atoms with Crippen LogP contribution in [0.2, 0.25) is 0 Å². The van der Waals surface area contributed by atoms with Gasteiger partial charge in [-0.15, -0.1) is 12.4 Å². The zero-order valence-electron chi connectivity index (χ0n) is 14.0. The Labute approximate surface area is 155 Å². The molecule has 1 aliphatic carbocycles. The quantitative estimate of drug-likeness (QED) is 0.879. The van der Waals surface area contributed by atoms with Crippen LogP contribution in [0.5, 0.6) is 0 Å². The third-order valence-electron chi connectivity index (χ3n) is 5.10. The maximum Gasteiger partial charge on any atom is 0.239 e. The number of halogens is 3.